The highest BCUT2D eigenvalue weighted by atomic mass is 35.5. The second-order valence-corrected chi connectivity index (χ2v) is 11.0. The summed E-state index contributed by atoms with van der Waals surface area (Å²) in [5.41, 5.74) is 2.36. The minimum Gasteiger partial charge on any atom is -0.379 e. The molecule has 7 nitrogen and oxygen atoms in total. The Bertz CT molecular complexity index is 1180. The smallest absolute Gasteiger partial charge is 0.262 e. The fourth-order valence-electron chi connectivity index (χ4n) is 5.61. The Hall–Kier alpha value is -2.45. The lowest BCUT2D eigenvalue weighted by molar-refractivity contribution is -0.144. The summed E-state index contributed by atoms with van der Waals surface area (Å²) < 4.78 is 5.47. The summed E-state index contributed by atoms with van der Waals surface area (Å²) in [6, 6.07) is 14.7. The normalized spacial score (nSPS) is 20.5. The first-order chi connectivity index (χ1) is 18.5. The van der Waals surface area contributed by atoms with Crippen molar-refractivity contribution in [1.29, 1.82) is 0 Å². The number of nitrogens with zero attached hydrogens (tertiary/aromatic N) is 4. The number of morpholine rings is 1. The van der Waals surface area contributed by atoms with Crippen LogP contribution in [-0.4, -0.2) is 78.3 Å². The number of rotatable bonds is 8. The van der Waals surface area contributed by atoms with E-state index in [9.17, 15) is 9.59 Å². The van der Waals surface area contributed by atoms with Crippen LogP contribution in [0.25, 0.3) is 0 Å². The summed E-state index contributed by atoms with van der Waals surface area (Å²) in [4.78, 5) is 31.5. The molecule has 2 amide bonds. The molecule has 2 aliphatic heterocycles. The van der Waals surface area contributed by atoms with E-state index < -0.39 is 0 Å². The molecule has 0 radical (unpaired) electrons. The van der Waals surface area contributed by atoms with Gasteiger partial charge in [0.15, 0.2) is 0 Å². The number of halogens is 2. The Morgan fingerprint density at radius 3 is 2.37 bits per heavy atom. The zero-order valence-electron chi connectivity index (χ0n) is 21.5. The third kappa shape index (κ3) is 6.23. The Morgan fingerprint density at radius 2 is 1.66 bits per heavy atom. The van der Waals surface area contributed by atoms with Gasteiger partial charge in [-0.25, -0.2) is 5.01 Å². The van der Waals surface area contributed by atoms with E-state index in [1.165, 1.54) is 5.01 Å². The molecule has 9 heteroatoms. The van der Waals surface area contributed by atoms with Crippen LogP contribution in [0.3, 0.4) is 0 Å². The molecule has 1 atom stereocenters. The van der Waals surface area contributed by atoms with Crippen molar-refractivity contribution in [1.82, 2.24) is 14.8 Å². The van der Waals surface area contributed by atoms with Crippen molar-refractivity contribution in [2.45, 2.75) is 38.1 Å². The van der Waals surface area contributed by atoms with Crippen molar-refractivity contribution in [3.63, 3.8) is 0 Å². The van der Waals surface area contributed by atoms with E-state index >= 15 is 0 Å². The molecule has 0 bridgehead atoms. The van der Waals surface area contributed by atoms with Crippen molar-refractivity contribution >= 4 is 40.7 Å². The number of carbonyl (C=O) groups is 2. The minimum absolute atomic E-state index is 0.00683. The third-order valence-electron chi connectivity index (χ3n) is 7.75. The first-order valence-corrected chi connectivity index (χ1v) is 14.2. The second-order valence-electron chi connectivity index (χ2n) is 10.2. The number of hydrogen-bond acceptors (Lipinski definition) is 5. The van der Waals surface area contributed by atoms with Crippen LogP contribution in [0.2, 0.25) is 10.0 Å². The van der Waals surface area contributed by atoms with Gasteiger partial charge in [-0.3, -0.25) is 14.5 Å². The fourth-order valence-corrected chi connectivity index (χ4v) is 6.11. The number of hydrogen-bond donors (Lipinski definition) is 0. The first kappa shape index (κ1) is 27.1. The third-order valence-corrected chi connectivity index (χ3v) is 8.42. The standard InChI is InChI=1S/C29H34Cl2N4O3/c30-24-11-5-3-9-22(24)26-19-27(23-10-4-6-12-25(23)31)35(32-26)28(36)20-34(29(37)21-7-1-2-8-21)14-13-33-15-17-38-18-16-33/h3-6,9-12,21,27H,1-2,7-8,13-20H2. The van der Waals surface area contributed by atoms with Crippen LogP contribution in [0.1, 0.15) is 49.3 Å². The lowest BCUT2D eigenvalue weighted by atomic mass is 9.98. The number of hydrazone groups is 1. The maximum atomic E-state index is 13.9. The van der Waals surface area contributed by atoms with E-state index in [2.05, 4.69) is 4.90 Å². The van der Waals surface area contributed by atoms with Gasteiger partial charge in [-0.15, -0.1) is 0 Å². The van der Waals surface area contributed by atoms with Gasteiger partial charge in [-0.2, -0.15) is 5.10 Å². The molecule has 0 spiro atoms. The molecule has 0 N–H and O–H groups in total. The molecule has 2 aromatic carbocycles. The topological polar surface area (TPSA) is 65.5 Å². The molecule has 0 aromatic heterocycles. The van der Waals surface area contributed by atoms with E-state index in [0.29, 0.717) is 36.2 Å². The van der Waals surface area contributed by atoms with Gasteiger partial charge in [-0.05, 0) is 30.5 Å². The van der Waals surface area contributed by atoms with Crippen LogP contribution >= 0.6 is 23.2 Å². The maximum absolute atomic E-state index is 13.9. The van der Waals surface area contributed by atoms with Crippen molar-refractivity contribution in [3.8, 4) is 0 Å². The van der Waals surface area contributed by atoms with Gasteiger partial charge in [0.1, 0.15) is 6.54 Å². The van der Waals surface area contributed by atoms with Gasteiger partial charge in [0.2, 0.25) is 5.91 Å². The molecule has 1 saturated heterocycles. The van der Waals surface area contributed by atoms with Gasteiger partial charge >= 0.3 is 0 Å². The van der Waals surface area contributed by atoms with E-state index in [1.54, 1.807) is 4.90 Å². The number of amides is 2. The average Bonchev–Trinajstić information content (AvgIpc) is 3.63. The van der Waals surface area contributed by atoms with Crippen molar-refractivity contribution < 1.29 is 14.3 Å². The Labute approximate surface area is 234 Å². The quantitative estimate of drug-likeness (QED) is 0.457. The molecule has 3 aliphatic rings. The lowest BCUT2D eigenvalue weighted by Crippen LogP contribution is -2.48. The van der Waals surface area contributed by atoms with Crippen molar-refractivity contribution in [2.75, 3.05) is 45.9 Å². The summed E-state index contributed by atoms with van der Waals surface area (Å²) in [6.45, 7) is 4.28. The average molecular weight is 558 g/mol. The van der Waals surface area contributed by atoms with E-state index in [1.807, 2.05) is 48.5 Å². The highest BCUT2D eigenvalue weighted by molar-refractivity contribution is 6.34. The molecule has 1 unspecified atom stereocenters. The minimum atomic E-state index is -0.370. The molecule has 202 valence electrons. The number of carbonyl (C=O) groups excluding carboxylic acids is 2. The Kier molecular flexibility index (Phi) is 9.00. The molecular weight excluding hydrogens is 523 g/mol. The molecule has 1 aliphatic carbocycles. The highest BCUT2D eigenvalue weighted by Gasteiger charge is 2.37. The predicted molar refractivity (Wildman–Crippen MR) is 149 cm³/mol. The maximum Gasteiger partial charge on any atom is 0.262 e. The van der Waals surface area contributed by atoms with Crippen LogP contribution in [0.4, 0.5) is 0 Å². The zero-order chi connectivity index (χ0) is 26.5. The monoisotopic (exact) mass is 556 g/mol. The van der Waals surface area contributed by atoms with Crippen LogP contribution < -0.4 is 0 Å². The Balaban J connectivity index is 1.39. The fraction of sp³-hybridized carbons (Fsp3) is 0.483. The molecule has 2 aromatic rings. The summed E-state index contributed by atoms with van der Waals surface area (Å²) in [7, 11) is 0. The predicted octanol–water partition coefficient (Wildman–Crippen LogP) is 5.02. The molecule has 1 saturated carbocycles. The van der Waals surface area contributed by atoms with E-state index in [-0.39, 0.29) is 30.3 Å². The van der Waals surface area contributed by atoms with Gasteiger partial charge in [0.05, 0.1) is 25.0 Å². The summed E-state index contributed by atoms with van der Waals surface area (Å²) >= 11 is 13.1. The van der Waals surface area contributed by atoms with E-state index in [4.69, 9.17) is 33.0 Å². The summed E-state index contributed by atoms with van der Waals surface area (Å²) in [5, 5.41) is 7.45. The van der Waals surface area contributed by atoms with Crippen LogP contribution in [0.15, 0.2) is 53.6 Å². The molecule has 2 heterocycles. The number of ether oxygens (including phenoxy) is 1. The summed E-state index contributed by atoms with van der Waals surface area (Å²) in [5.74, 6) is -0.147. The van der Waals surface area contributed by atoms with Crippen LogP contribution in [0, 0.1) is 5.92 Å². The lowest BCUT2D eigenvalue weighted by Gasteiger charge is -2.32. The van der Waals surface area contributed by atoms with Crippen molar-refractivity contribution in [2.24, 2.45) is 11.0 Å². The SMILES string of the molecule is O=C(C1CCCC1)N(CCN1CCOCC1)CC(=O)N1N=C(c2ccccc2Cl)CC1c1ccccc1Cl. The molecule has 2 fully saturated rings. The van der Waals surface area contributed by atoms with E-state index in [0.717, 1.165) is 62.2 Å². The summed E-state index contributed by atoms with van der Waals surface area (Å²) in [6.07, 6.45) is 4.40. The van der Waals surface area contributed by atoms with Gasteiger partial charge in [-0.1, -0.05) is 72.4 Å². The molecule has 5 rings (SSSR count). The second kappa shape index (κ2) is 12.6. The van der Waals surface area contributed by atoms with Gasteiger partial charge in [0, 0.05) is 54.1 Å². The Morgan fingerprint density at radius 1 is 0.974 bits per heavy atom. The van der Waals surface area contributed by atoms with Gasteiger partial charge < -0.3 is 9.64 Å². The number of benzene rings is 2. The molecule has 38 heavy (non-hydrogen) atoms. The molecular formula is C29H34Cl2N4O3. The van der Waals surface area contributed by atoms with Gasteiger partial charge in [0.25, 0.3) is 5.91 Å². The van der Waals surface area contributed by atoms with Crippen LogP contribution in [-0.2, 0) is 14.3 Å². The zero-order valence-corrected chi connectivity index (χ0v) is 23.0. The van der Waals surface area contributed by atoms with Crippen molar-refractivity contribution in [3.05, 3.63) is 69.7 Å². The first-order valence-electron chi connectivity index (χ1n) is 13.5. The van der Waals surface area contributed by atoms with Crippen LogP contribution in [0.5, 0.6) is 0 Å². The largest absolute Gasteiger partial charge is 0.379 e. The highest BCUT2D eigenvalue weighted by Crippen LogP contribution is 2.37.